The second kappa shape index (κ2) is 6.15. The Morgan fingerprint density at radius 1 is 1.56 bits per heavy atom. The van der Waals surface area contributed by atoms with Gasteiger partial charge in [-0.3, -0.25) is 9.59 Å². The zero-order valence-corrected chi connectivity index (χ0v) is 11.4. The van der Waals surface area contributed by atoms with Crippen LogP contribution in [0.1, 0.15) is 23.7 Å². The second-order valence-corrected chi connectivity index (χ2v) is 4.50. The monoisotopic (exact) mass is 353 g/mol. The molecule has 86 valence electrons. The summed E-state index contributed by atoms with van der Waals surface area (Å²) in [7, 11) is 0. The van der Waals surface area contributed by atoms with Crippen molar-refractivity contribution in [2.75, 3.05) is 6.61 Å². The van der Waals surface area contributed by atoms with E-state index in [0.29, 0.717) is 0 Å². The highest BCUT2D eigenvalue weighted by atomic mass is 127. The van der Waals surface area contributed by atoms with E-state index in [0.717, 1.165) is 3.57 Å². The van der Waals surface area contributed by atoms with Crippen molar-refractivity contribution in [2.45, 2.75) is 13.3 Å². The standard InChI is InChI=1S/C10H9ClINO3/c1-2-16-9(15)4-8(14)7-3-6(12)5-13-10(7)11/h3,5H,2,4H2,1H3. The summed E-state index contributed by atoms with van der Waals surface area (Å²) < 4.78 is 5.47. The van der Waals surface area contributed by atoms with Crippen molar-refractivity contribution in [3.05, 3.63) is 26.5 Å². The first-order valence-corrected chi connectivity index (χ1v) is 6.00. The minimum atomic E-state index is -0.553. The molecule has 0 radical (unpaired) electrons. The molecular formula is C10H9ClINO3. The number of carbonyl (C=O) groups is 2. The molecule has 0 N–H and O–H groups in total. The number of Topliss-reactive ketones (excluding diaryl/α,β-unsaturated/α-hetero) is 1. The van der Waals surface area contributed by atoms with E-state index in [1.54, 1.807) is 19.2 Å². The number of rotatable bonds is 4. The number of aromatic nitrogens is 1. The number of pyridine rings is 1. The van der Waals surface area contributed by atoms with E-state index in [1.807, 2.05) is 22.6 Å². The maximum absolute atomic E-state index is 11.7. The SMILES string of the molecule is CCOC(=O)CC(=O)c1cc(I)cnc1Cl. The number of ketones is 1. The lowest BCUT2D eigenvalue weighted by Gasteiger charge is -2.03. The van der Waals surface area contributed by atoms with Gasteiger partial charge in [0, 0.05) is 9.77 Å². The number of ether oxygens (including phenoxy) is 1. The van der Waals surface area contributed by atoms with E-state index in [9.17, 15) is 9.59 Å². The number of nitrogens with zero attached hydrogens (tertiary/aromatic N) is 1. The van der Waals surface area contributed by atoms with Gasteiger partial charge >= 0.3 is 5.97 Å². The molecule has 1 aromatic heterocycles. The van der Waals surface area contributed by atoms with Crippen LogP contribution < -0.4 is 0 Å². The van der Waals surface area contributed by atoms with Crippen LogP contribution in [0.2, 0.25) is 5.15 Å². The van der Waals surface area contributed by atoms with Gasteiger partial charge in [-0.25, -0.2) is 4.98 Å². The minimum Gasteiger partial charge on any atom is -0.466 e. The molecule has 16 heavy (non-hydrogen) atoms. The first-order valence-electron chi connectivity index (χ1n) is 4.54. The third kappa shape index (κ3) is 3.71. The van der Waals surface area contributed by atoms with Crippen LogP contribution in [-0.2, 0) is 9.53 Å². The summed E-state index contributed by atoms with van der Waals surface area (Å²) in [6.07, 6.45) is 1.24. The molecule has 1 aromatic rings. The number of hydrogen-bond acceptors (Lipinski definition) is 4. The van der Waals surface area contributed by atoms with Gasteiger partial charge < -0.3 is 4.74 Å². The van der Waals surface area contributed by atoms with Gasteiger partial charge in [0.15, 0.2) is 5.78 Å². The van der Waals surface area contributed by atoms with Gasteiger partial charge in [0.1, 0.15) is 11.6 Å². The van der Waals surface area contributed by atoms with E-state index < -0.39 is 5.97 Å². The fourth-order valence-corrected chi connectivity index (χ4v) is 1.72. The Hall–Kier alpha value is -0.690. The van der Waals surface area contributed by atoms with Crippen molar-refractivity contribution >= 4 is 45.9 Å². The van der Waals surface area contributed by atoms with Crippen LogP contribution in [0.3, 0.4) is 0 Å². The molecule has 4 nitrogen and oxygen atoms in total. The normalized spacial score (nSPS) is 9.94. The fraction of sp³-hybridized carbons (Fsp3) is 0.300. The van der Waals surface area contributed by atoms with Crippen molar-refractivity contribution in [3.8, 4) is 0 Å². The summed E-state index contributed by atoms with van der Waals surface area (Å²) in [6.45, 7) is 1.94. The fourth-order valence-electron chi connectivity index (χ4n) is 1.06. The molecule has 0 saturated heterocycles. The predicted molar refractivity (Wildman–Crippen MR) is 67.5 cm³/mol. The van der Waals surface area contributed by atoms with Gasteiger partial charge in [-0.2, -0.15) is 0 Å². The second-order valence-electron chi connectivity index (χ2n) is 2.90. The maximum Gasteiger partial charge on any atom is 0.313 e. The van der Waals surface area contributed by atoms with Gasteiger partial charge in [0.25, 0.3) is 0 Å². The molecule has 0 aliphatic carbocycles. The number of esters is 1. The lowest BCUT2D eigenvalue weighted by atomic mass is 10.1. The Kier molecular flexibility index (Phi) is 5.14. The topological polar surface area (TPSA) is 56.3 Å². The molecule has 0 aromatic carbocycles. The van der Waals surface area contributed by atoms with Crippen molar-refractivity contribution in [1.82, 2.24) is 4.98 Å². The first kappa shape index (κ1) is 13.4. The van der Waals surface area contributed by atoms with E-state index >= 15 is 0 Å². The predicted octanol–water partition coefficient (Wildman–Crippen LogP) is 2.48. The van der Waals surface area contributed by atoms with E-state index in [2.05, 4.69) is 9.72 Å². The number of halogens is 2. The average molecular weight is 354 g/mol. The molecule has 0 aliphatic rings. The summed E-state index contributed by atoms with van der Waals surface area (Å²) in [4.78, 5) is 26.6. The molecule has 0 saturated carbocycles. The first-order chi connectivity index (χ1) is 7.54. The largest absolute Gasteiger partial charge is 0.466 e. The van der Waals surface area contributed by atoms with Crippen molar-refractivity contribution in [1.29, 1.82) is 0 Å². The Labute approximate surface area is 111 Å². The van der Waals surface area contributed by atoms with E-state index in [1.165, 1.54) is 0 Å². The van der Waals surface area contributed by atoms with Gasteiger partial charge in [-0.15, -0.1) is 0 Å². The summed E-state index contributed by atoms with van der Waals surface area (Å²) in [5, 5.41) is 0.106. The minimum absolute atomic E-state index is 0.106. The average Bonchev–Trinajstić information content (AvgIpc) is 2.21. The molecule has 0 unspecified atom stereocenters. The molecule has 0 bridgehead atoms. The third-order valence-electron chi connectivity index (χ3n) is 1.72. The van der Waals surface area contributed by atoms with Crippen molar-refractivity contribution < 1.29 is 14.3 Å². The highest BCUT2D eigenvalue weighted by Crippen LogP contribution is 2.17. The summed E-state index contributed by atoms with van der Waals surface area (Å²) in [5.74, 6) is -0.933. The van der Waals surface area contributed by atoms with Crippen LogP contribution in [0.4, 0.5) is 0 Å². The summed E-state index contributed by atoms with van der Waals surface area (Å²) in [5.41, 5.74) is 0.251. The molecule has 6 heteroatoms. The molecule has 0 fully saturated rings. The van der Waals surface area contributed by atoms with Gasteiger partial charge in [-0.05, 0) is 35.6 Å². The maximum atomic E-state index is 11.7. The van der Waals surface area contributed by atoms with Crippen LogP contribution >= 0.6 is 34.2 Å². The summed E-state index contributed by atoms with van der Waals surface area (Å²) >= 11 is 7.78. The lowest BCUT2D eigenvalue weighted by Crippen LogP contribution is -2.12. The molecule has 0 aliphatic heterocycles. The Bertz CT molecular complexity index is 423. The van der Waals surface area contributed by atoms with Crippen LogP contribution in [0, 0.1) is 3.57 Å². The smallest absolute Gasteiger partial charge is 0.313 e. The van der Waals surface area contributed by atoms with Crippen LogP contribution in [-0.4, -0.2) is 23.3 Å². The molecule has 1 heterocycles. The van der Waals surface area contributed by atoms with Crippen molar-refractivity contribution in [2.24, 2.45) is 0 Å². The van der Waals surface area contributed by atoms with E-state index in [-0.39, 0.29) is 29.5 Å². The van der Waals surface area contributed by atoms with E-state index in [4.69, 9.17) is 11.6 Å². The number of carbonyl (C=O) groups excluding carboxylic acids is 2. The Balaban J connectivity index is 2.80. The zero-order valence-electron chi connectivity index (χ0n) is 8.50. The molecule has 0 atom stereocenters. The molecule has 1 rings (SSSR count). The molecule has 0 spiro atoms. The van der Waals surface area contributed by atoms with Gasteiger partial charge in [0.05, 0.1) is 12.2 Å². The quantitative estimate of drug-likeness (QED) is 0.274. The molecular weight excluding hydrogens is 344 g/mol. The zero-order chi connectivity index (χ0) is 12.1. The van der Waals surface area contributed by atoms with Crippen LogP contribution in [0.15, 0.2) is 12.3 Å². The van der Waals surface area contributed by atoms with Gasteiger partial charge in [-0.1, -0.05) is 11.6 Å². The van der Waals surface area contributed by atoms with Crippen molar-refractivity contribution in [3.63, 3.8) is 0 Å². The van der Waals surface area contributed by atoms with Crippen LogP contribution in [0.25, 0.3) is 0 Å². The van der Waals surface area contributed by atoms with Crippen LogP contribution in [0.5, 0.6) is 0 Å². The highest BCUT2D eigenvalue weighted by molar-refractivity contribution is 14.1. The lowest BCUT2D eigenvalue weighted by molar-refractivity contribution is -0.141. The number of hydrogen-bond donors (Lipinski definition) is 0. The summed E-state index contributed by atoms with van der Waals surface area (Å²) in [6, 6.07) is 1.59. The third-order valence-corrected chi connectivity index (χ3v) is 2.61. The highest BCUT2D eigenvalue weighted by Gasteiger charge is 2.16. The molecule has 0 amide bonds. The Morgan fingerprint density at radius 2 is 2.25 bits per heavy atom. The Morgan fingerprint density at radius 3 is 2.88 bits per heavy atom. The van der Waals surface area contributed by atoms with Gasteiger partial charge in [0.2, 0.25) is 0 Å².